The van der Waals surface area contributed by atoms with E-state index in [1.165, 1.54) is 25.1 Å². The second-order valence-corrected chi connectivity index (χ2v) is 11.3. The van der Waals surface area contributed by atoms with Crippen LogP contribution in [-0.2, 0) is 4.74 Å². The number of hydrogen-bond acceptors (Lipinski definition) is 8. The Balaban J connectivity index is 1.22. The van der Waals surface area contributed by atoms with E-state index in [0.717, 1.165) is 29.3 Å². The van der Waals surface area contributed by atoms with Gasteiger partial charge in [-0.3, -0.25) is 4.79 Å². The molecular formula is C28H27N5O2S2. The van der Waals surface area contributed by atoms with E-state index in [0.29, 0.717) is 13.2 Å². The van der Waals surface area contributed by atoms with Crippen molar-refractivity contribution in [1.82, 2.24) is 15.0 Å². The van der Waals surface area contributed by atoms with Crippen LogP contribution in [0.1, 0.15) is 36.0 Å². The van der Waals surface area contributed by atoms with E-state index in [-0.39, 0.29) is 17.7 Å². The molecule has 4 aromatic rings. The van der Waals surface area contributed by atoms with Crippen molar-refractivity contribution in [2.24, 2.45) is 0 Å². The smallest absolute Gasteiger partial charge is 0.249 e. The zero-order chi connectivity index (χ0) is 25.4. The molecule has 2 aromatic heterocycles. The molecule has 2 N–H and O–H groups in total. The first-order valence-electron chi connectivity index (χ1n) is 12.3. The van der Waals surface area contributed by atoms with Gasteiger partial charge in [0.15, 0.2) is 0 Å². The highest BCUT2D eigenvalue weighted by Crippen LogP contribution is 2.52. The summed E-state index contributed by atoms with van der Waals surface area (Å²) in [5.41, 5.74) is 5.05. The molecule has 6 rings (SSSR count). The average molecular weight is 530 g/mol. The number of pyridine rings is 1. The second-order valence-electron chi connectivity index (χ2n) is 9.21. The Hall–Kier alpha value is -3.27. The number of hydrogen-bond donors (Lipinski definition) is 2. The fraction of sp³-hybridized carbons (Fsp3) is 0.250. The molecule has 0 radical (unpaired) electrons. The third-order valence-corrected chi connectivity index (χ3v) is 9.19. The van der Waals surface area contributed by atoms with Gasteiger partial charge in [-0.15, -0.1) is 0 Å². The molecule has 9 heteroatoms. The maximum atomic E-state index is 11.8. The van der Waals surface area contributed by atoms with E-state index in [9.17, 15) is 4.79 Å². The number of benzene rings is 2. The fourth-order valence-electron chi connectivity index (χ4n) is 4.70. The van der Waals surface area contributed by atoms with E-state index >= 15 is 0 Å². The second kappa shape index (κ2) is 10.2. The predicted molar refractivity (Wildman–Crippen MR) is 148 cm³/mol. The molecule has 2 aliphatic rings. The number of ether oxygens (including phenoxy) is 1. The Morgan fingerprint density at radius 3 is 2.86 bits per heavy atom. The van der Waals surface area contributed by atoms with Crippen LogP contribution in [0.3, 0.4) is 0 Å². The Morgan fingerprint density at radius 2 is 2.00 bits per heavy atom. The molecule has 0 aliphatic carbocycles. The average Bonchev–Trinajstić information content (AvgIpc) is 2.91. The van der Waals surface area contributed by atoms with Crippen LogP contribution in [0.25, 0.3) is 0 Å². The number of fused-ring (bicyclic) bond motifs is 2. The van der Waals surface area contributed by atoms with Crippen LogP contribution in [0, 0.1) is 6.92 Å². The summed E-state index contributed by atoms with van der Waals surface area (Å²) in [7, 11) is 0. The highest BCUT2D eigenvalue weighted by molar-refractivity contribution is 8.05. The van der Waals surface area contributed by atoms with Crippen molar-refractivity contribution < 1.29 is 4.74 Å². The Kier molecular flexibility index (Phi) is 6.67. The first kappa shape index (κ1) is 24.1. The molecule has 1 saturated heterocycles. The third kappa shape index (κ3) is 5.12. The molecule has 1 fully saturated rings. The lowest BCUT2D eigenvalue weighted by molar-refractivity contribution is 0.0379. The van der Waals surface area contributed by atoms with Gasteiger partial charge in [0.05, 0.1) is 18.3 Å². The van der Waals surface area contributed by atoms with Gasteiger partial charge in [-0.1, -0.05) is 35.7 Å². The lowest BCUT2D eigenvalue weighted by Crippen LogP contribution is -2.39. The molecule has 7 nitrogen and oxygen atoms in total. The number of aryl methyl sites for hydroxylation is 1. The molecule has 0 saturated carbocycles. The maximum absolute atomic E-state index is 11.8. The van der Waals surface area contributed by atoms with Crippen molar-refractivity contribution >= 4 is 34.9 Å². The van der Waals surface area contributed by atoms with Gasteiger partial charge in [0.25, 0.3) is 0 Å². The highest BCUT2D eigenvalue weighted by Gasteiger charge is 2.28. The topological polar surface area (TPSA) is 83.1 Å². The van der Waals surface area contributed by atoms with Crippen LogP contribution in [0.15, 0.2) is 91.5 Å². The normalized spacial score (nSPS) is 17.6. The van der Waals surface area contributed by atoms with Gasteiger partial charge in [0, 0.05) is 62.0 Å². The monoisotopic (exact) mass is 529 g/mol. The Labute approximate surface area is 224 Å². The van der Waals surface area contributed by atoms with Gasteiger partial charge in [-0.05, 0) is 55.8 Å². The van der Waals surface area contributed by atoms with E-state index < -0.39 is 0 Å². The number of nitrogens with one attached hydrogen (secondary N) is 2. The molecule has 2 aliphatic heterocycles. The number of anilines is 2. The van der Waals surface area contributed by atoms with Crippen molar-refractivity contribution in [2.75, 3.05) is 29.9 Å². The lowest BCUT2D eigenvalue weighted by Gasteiger charge is -2.36. The van der Waals surface area contributed by atoms with Crippen molar-refractivity contribution in [3.05, 3.63) is 94.4 Å². The molecule has 2 unspecified atom stereocenters. The molecule has 37 heavy (non-hydrogen) atoms. The van der Waals surface area contributed by atoms with Gasteiger partial charge in [0.2, 0.25) is 5.56 Å². The summed E-state index contributed by atoms with van der Waals surface area (Å²) in [4.78, 5) is 30.4. The van der Waals surface area contributed by atoms with Gasteiger partial charge in [-0.25, -0.2) is 9.97 Å². The van der Waals surface area contributed by atoms with Gasteiger partial charge in [0.1, 0.15) is 12.4 Å². The van der Waals surface area contributed by atoms with E-state index in [1.54, 1.807) is 42.1 Å². The summed E-state index contributed by atoms with van der Waals surface area (Å²) < 4.78 is 6.24. The summed E-state index contributed by atoms with van der Waals surface area (Å²) in [5, 5.41) is 3.58. The zero-order valence-electron chi connectivity index (χ0n) is 20.6. The minimum absolute atomic E-state index is 0.0595. The van der Waals surface area contributed by atoms with E-state index in [2.05, 4.69) is 68.5 Å². The largest absolute Gasteiger partial charge is 0.377 e. The quantitative estimate of drug-likeness (QED) is 0.294. The van der Waals surface area contributed by atoms with Crippen LogP contribution in [-0.4, -0.2) is 34.6 Å². The van der Waals surface area contributed by atoms with Crippen LogP contribution < -0.4 is 15.8 Å². The molecule has 0 amide bonds. The molecule has 0 spiro atoms. The van der Waals surface area contributed by atoms with Gasteiger partial charge >= 0.3 is 0 Å². The predicted octanol–water partition coefficient (Wildman–Crippen LogP) is 5.84. The van der Waals surface area contributed by atoms with Gasteiger partial charge in [-0.2, -0.15) is 0 Å². The lowest BCUT2D eigenvalue weighted by atomic mass is 10.1. The van der Waals surface area contributed by atoms with E-state index in [4.69, 9.17) is 4.74 Å². The summed E-state index contributed by atoms with van der Waals surface area (Å²) in [5.74, 6) is 0. The summed E-state index contributed by atoms with van der Waals surface area (Å²) >= 11 is 3.60. The summed E-state index contributed by atoms with van der Waals surface area (Å²) in [6.07, 6.45) is 3.26. The van der Waals surface area contributed by atoms with Crippen LogP contribution in [0.5, 0.6) is 0 Å². The zero-order valence-corrected chi connectivity index (χ0v) is 22.2. The van der Waals surface area contributed by atoms with Gasteiger partial charge < -0.3 is 19.9 Å². The third-order valence-electron chi connectivity index (χ3n) is 6.57. The molecule has 2 atom stereocenters. The number of nitrogens with zero attached hydrogens (tertiary/aromatic N) is 3. The Morgan fingerprint density at radius 1 is 1.08 bits per heavy atom. The number of H-pyrrole nitrogens is 1. The van der Waals surface area contributed by atoms with Crippen molar-refractivity contribution in [1.29, 1.82) is 0 Å². The maximum Gasteiger partial charge on any atom is 0.249 e. The SMILES string of the molecule is Cc1cc(C(C)Nc2ccc3c(c2)Sc2cccc(C4CN(c5cc[nH]c(=O)c5)CCO4)c2S3)ncn1. The molecule has 2 aromatic carbocycles. The number of aromatic amines is 1. The highest BCUT2D eigenvalue weighted by atomic mass is 32.2. The van der Waals surface area contributed by atoms with Crippen molar-refractivity contribution in [3.8, 4) is 0 Å². The minimum Gasteiger partial charge on any atom is -0.377 e. The molecule has 4 heterocycles. The fourth-order valence-corrected chi connectivity index (χ4v) is 7.15. The van der Waals surface area contributed by atoms with E-state index in [1.807, 2.05) is 19.1 Å². The Bertz CT molecular complexity index is 1510. The van der Waals surface area contributed by atoms with Crippen LogP contribution in [0.2, 0.25) is 0 Å². The molecular weight excluding hydrogens is 502 g/mol. The number of rotatable bonds is 5. The van der Waals surface area contributed by atoms with Crippen LogP contribution in [0.4, 0.5) is 11.4 Å². The summed E-state index contributed by atoms with van der Waals surface area (Å²) in [6, 6.07) is 18.7. The molecule has 0 bridgehead atoms. The first-order valence-corrected chi connectivity index (χ1v) is 13.9. The van der Waals surface area contributed by atoms with Crippen LogP contribution >= 0.6 is 23.5 Å². The standard InChI is InChI=1S/C28H27N5O2S2/c1-17-12-22(31-16-30-17)18(2)32-19-6-7-24-26(13-19)36-25-5-3-4-21(28(25)37-24)23-15-33(10-11-35-23)20-8-9-29-27(34)14-20/h3-9,12-14,16,18,23,32H,10-11,15H2,1-2H3,(H,29,34). The number of morpholine rings is 1. The minimum atomic E-state index is -0.0865. The molecule has 188 valence electrons. The first-order chi connectivity index (χ1) is 18.0. The van der Waals surface area contributed by atoms with Crippen molar-refractivity contribution in [2.45, 2.75) is 45.6 Å². The summed E-state index contributed by atoms with van der Waals surface area (Å²) in [6.45, 7) is 6.19. The number of aromatic nitrogens is 3. The van der Waals surface area contributed by atoms with Crippen molar-refractivity contribution in [3.63, 3.8) is 0 Å².